The molecule has 22 heavy (non-hydrogen) atoms. The lowest BCUT2D eigenvalue weighted by molar-refractivity contribution is -0.0390. The number of rotatable bonds is 5. The van der Waals surface area contributed by atoms with Crippen LogP contribution < -0.4 is 10.6 Å². The van der Waals surface area contributed by atoms with Crippen LogP contribution in [0.1, 0.15) is 30.9 Å². The predicted molar refractivity (Wildman–Crippen MR) is 86.8 cm³/mol. The Balaban J connectivity index is 1.47. The molecule has 5 nitrogen and oxygen atoms in total. The second-order valence-corrected chi connectivity index (χ2v) is 6.03. The van der Waals surface area contributed by atoms with E-state index in [0.29, 0.717) is 18.8 Å². The summed E-state index contributed by atoms with van der Waals surface area (Å²) in [5, 5.41) is 6.65. The van der Waals surface area contributed by atoms with Crippen molar-refractivity contribution in [1.29, 1.82) is 0 Å². The average Bonchev–Trinajstić information content (AvgIpc) is 2.98. The fourth-order valence-corrected chi connectivity index (χ4v) is 2.73. The number of guanidine groups is 1. The number of aliphatic imine (C=N–C) groups is 1. The zero-order valence-electron chi connectivity index (χ0n) is 13.2. The highest BCUT2D eigenvalue weighted by atomic mass is 16.5. The van der Waals surface area contributed by atoms with Crippen LogP contribution in [-0.2, 0) is 22.6 Å². The van der Waals surface area contributed by atoms with E-state index in [-0.39, 0.29) is 0 Å². The minimum absolute atomic E-state index is 0.342. The maximum absolute atomic E-state index is 5.98. The molecule has 0 spiro atoms. The van der Waals surface area contributed by atoms with Crippen LogP contribution in [0.4, 0.5) is 0 Å². The van der Waals surface area contributed by atoms with Crippen molar-refractivity contribution in [3.8, 4) is 0 Å². The molecule has 2 heterocycles. The smallest absolute Gasteiger partial charge is 0.191 e. The van der Waals surface area contributed by atoms with Crippen molar-refractivity contribution < 1.29 is 9.47 Å². The molecule has 0 radical (unpaired) electrons. The van der Waals surface area contributed by atoms with E-state index in [2.05, 4.69) is 46.8 Å². The van der Waals surface area contributed by atoms with Crippen molar-refractivity contribution in [1.82, 2.24) is 10.6 Å². The molecule has 0 aromatic heterocycles. The van der Waals surface area contributed by atoms with Crippen molar-refractivity contribution in [2.24, 2.45) is 4.99 Å². The van der Waals surface area contributed by atoms with E-state index in [1.165, 1.54) is 11.1 Å². The van der Waals surface area contributed by atoms with Crippen molar-refractivity contribution in [2.45, 2.75) is 45.1 Å². The SMILES string of the molecule is CC1CN=C(NCc2cccc(COC3CCOCC3)c2)N1. The van der Waals surface area contributed by atoms with Gasteiger partial charge in [-0.3, -0.25) is 4.99 Å². The molecule has 2 aliphatic rings. The van der Waals surface area contributed by atoms with Gasteiger partial charge in [0.15, 0.2) is 5.96 Å². The van der Waals surface area contributed by atoms with Crippen LogP contribution in [0.25, 0.3) is 0 Å². The number of ether oxygens (including phenoxy) is 2. The summed E-state index contributed by atoms with van der Waals surface area (Å²) in [5.41, 5.74) is 2.47. The van der Waals surface area contributed by atoms with Gasteiger partial charge in [-0.15, -0.1) is 0 Å². The van der Waals surface area contributed by atoms with Gasteiger partial charge in [-0.1, -0.05) is 24.3 Å². The third kappa shape index (κ3) is 4.45. The van der Waals surface area contributed by atoms with Gasteiger partial charge in [-0.25, -0.2) is 0 Å². The molecule has 1 saturated heterocycles. The van der Waals surface area contributed by atoms with Crippen molar-refractivity contribution in [2.75, 3.05) is 19.8 Å². The van der Waals surface area contributed by atoms with Gasteiger partial charge < -0.3 is 20.1 Å². The Kier molecular flexibility index (Phi) is 5.29. The van der Waals surface area contributed by atoms with Crippen molar-refractivity contribution in [3.63, 3.8) is 0 Å². The highest BCUT2D eigenvalue weighted by molar-refractivity contribution is 5.81. The summed E-state index contributed by atoms with van der Waals surface area (Å²) in [5.74, 6) is 0.899. The molecular weight excluding hydrogens is 278 g/mol. The van der Waals surface area contributed by atoms with E-state index in [0.717, 1.165) is 45.1 Å². The van der Waals surface area contributed by atoms with E-state index in [9.17, 15) is 0 Å². The van der Waals surface area contributed by atoms with E-state index < -0.39 is 0 Å². The molecule has 0 aliphatic carbocycles. The molecule has 0 saturated carbocycles. The Morgan fingerprint density at radius 1 is 1.32 bits per heavy atom. The molecule has 1 unspecified atom stereocenters. The summed E-state index contributed by atoms with van der Waals surface area (Å²) in [4.78, 5) is 4.41. The summed E-state index contributed by atoms with van der Waals surface area (Å²) in [6.45, 7) is 6.08. The van der Waals surface area contributed by atoms with E-state index in [1.54, 1.807) is 0 Å². The third-order valence-electron chi connectivity index (χ3n) is 4.01. The molecule has 120 valence electrons. The van der Waals surface area contributed by atoms with Crippen LogP contribution in [0.2, 0.25) is 0 Å². The van der Waals surface area contributed by atoms with Crippen molar-refractivity contribution >= 4 is 5.96 Å². The minimum atomic E-state index is 0.342. The summed E-state index contributed by atoms with van der Waals surface area (Å²) < 4.78 is 11.3. The predicted octanol–water partition coefficient (Wildman–Crippen LogP) is 1.82. The van der Waals surface area contributed by atoms with Gasteiger partial charge in [-0.2, -0.15) is 0 Å². The molecule has 1 aromatic rings. The first-order valence-corrected chi connectivity index (χ1v) is 8.11. The molecule has 2 aliphatic heterocycles. The number of nitrogens with zero attached hydrogens (tertiary/aromatic N) is 1. The Morgan fingerprint density at radius 2 is 2.14 bits per heavy atom. The van der Waals surface area contributed by atoms with Gasteiger partial charge in [0.2, 0.25) is 0 Å². The topological polar surface area (TPSA) is 54.9 Å². The van der Waals surface area contributed by atoms with Gasteiger partial charge in [0, 0.05) is 25.8 Å². The molecule has 3 rings (SSSR count). The van der Waals surface area contributed by atoms with Crippen molar-refractivity contribution in [3.05, 3.63) is 35.4 Å². The van der Waals surface area contributed by atoms with Crippen LogP contribution in [0.15, 0.2) is 29.3 Å². The lowest BCUT2D eigenvalue weighted by Gasteiger charge is -2.22. The Labute approximate surface area is 132 Å². The number of nitrogens with one attached hydrogen (secondary N) is 2. The average molecular weight is 303 g/mol. The second-order valence-electron chi connectivity index (χ2n) is 6.03. The summed E-state index contributed by atoms with van der Waals surface area (Å²) in [6.07, 6.45) is 2.35. The Hall–Kier alpha value is -1.59. The summed E-state index contributed by atoms with van der Waals surface area (Å²) >= 11 is 0. The summed E-state index contributed by atoms with van der Waals surface area (Å²) in [6, 6.07) is 8.97. The van der Waals surface area contributed by atoms with Crippen LogP contribution in [-0.4, -0.2) is 37.9 Å². The molecule has 2 N–H and O–H groups in total. The molecule has 0 bridgehead atoms. The molecule has 1 fully saturated rings. The van der Waals surface area contributed by atoms with E-state index in [1.807, 2.05) is 0 Å². The fraction of sp³-hybridized carbons (Fsp3) is 0.588. The van der Waals surface area contributed by atoms with Crippen LogP contribution in [0.3, 0.4) is 0 Å². The van der Waals surface area contributed by atoms with E-state index in [4.69, 9.17) is 9.47 Å². The zero-order chi connectivity index (χ0) is 15.2. The Bertz CT molecular complexity index is 512. The standard InChI is InChI=1S/C17H25N3O2/c1-13-10-18-17(20-13)19-11-14-3-2-4-15(9-14)12-22-16-5-7-21-8-6-16/h2-4,9,13,16H,5-8,10-12H2,1H3,(H2,18,19,20). The number of benzene rings is 1. The van der Waals surface area contributed by atoms with Gasteiger partial charge in [0.25, 0.3) is 0 Å². The fourth-order valence-electron chi connectivity index (χ4n) is 2.73. The molecular formula is C17H25N3O2. The minimum Gasteiger partial charge on any atom is -0.381 e. The van der Waals surface area contributed by atoms with E-state index >= 15 is 0 Å². The normalized spacial score (nSPS) is 22.2. The largest absolute Gasteiger partial charge is 0.381 e. The molecule has 5 heteroatoms. The van der Waals surface area contributed by atoms with Crippen LogP contribution in [0, 0.1) is 0 Å². The van der Waals surface area contributed by atoms with Gasteiger partial charge in [0.05, 0.1) is 19.3 Å². The quantitative estimate of drug-likeness (QED) is 0.871. The molecule has 0 amide bonds. The van der Waals surface area contributed by atoms with Crippen LogP contribution >= 0.6 is 0 Å². The highest BCUT2D eigenvalue weighted by Crippen LogP contribution is 2.14. The van der Waals surface area contributed by atoms with Crippen LogP contribution in [0.5, 0.6) is 0 Å². The first kappa shape index (κ1) is 15.3. The highest BCUT2D eigenvalue weighted by Gasteiger charge is 2.14. The molecule has 1 aromatic carbocycles. The third-order valence-corrected chi connectivity index (χ3v) is 4.01. The monoisotopic (exact) mass is 303 g/mol. The maximum Gasteiger partial charge on any atom is 0.191 e. The zero-order valence-corrected chi connectivity index (χ0v) is 13.2. The summed E-state index contributed by atoms with van der Waals surface area (Å²) in [7, 11) is 0. The lowest BCUT2D eigenvalue weighted by Crippen LogP contribution is -2.37. The van der Waals surface area contributed by atoms with Gasteiger partial charge >= 0.3 is 0 Å². The second kappa shape index (κ2) is 7.61. The first-order valence-electron chi connectivity index (χ1n) is 8.11. The first-order chi connectivity index (χ1) is 10.8. The van der Waals surface area contributed by atoms with Gasteiger partial charge in [0.1, 0.15) is 0 Å². The van der Waals surface area contributed by atoms with Gasteiger partial charge in [-0.05, 0) is 30.9 Å². The number of hydrogen-bond acceptors (Lipinski definition) is 5. The lowest BCUT2D eigenvalue weighted by atomic mass is 10.1. The molecule has 1 atom stereocenters. The maximum atomic E-state index is 5.98. The Morgan fingerprint density at radius 3 is 2.91 bits per heavy atom. The number of hydrogen-bond donors (Lipinski definition) is 2.